The number of rotatable bonds is 1. The quantitative estimate of drug-likeness (QED) is 0.644. The number of hydrogen-bond acceptors (Lipinski definition) is 2. The second-order valence-corrected chi connectivity index (χ2v) is 5.31. The first kappa shape index (κ1) is 10.4. The van der Waals surface area contributed by atoms with E-state index in [4.69, 9.17) is 4.74 Å². The molecule has 2 fully saturated rings. The Bertz CT molecular complexity index is 211. The Morgan fingerprint density at radius 1 is 1.43 bits per heavy atom. The number of nitrogens with zero attached hydrogens (tertiary/aromatic N) is 1. The van der Waals surface area contributed by atoms with Crippen molar-refractivity contribution in [3.05, 3.63) is 0 Å². The Morgan fingerprint density at radius 3 is 2.57 bits per heavy atom. The van der Waals surface area contributed by atoms with Gasteiger partial charge in [-0.2, -0.15) is 0 Å². The average Bonchev–Trinajstić information content (AvgIpc) is 2.69. The van der Waals surface area contributed by atoms with E-state index in [9.17, 15) is 5.21 Å². The largest absolute Gasteiger partial charge is 0.381 e. The monoisotopic (exact) mass is 198 g/mol. The Labute approximate surface area is 86.0 Å². The van der Waals surface area contributed by atoms with Gasteiger partial charge in [0.25, 0.3) is 0 Å². The van der Waals surface area contributed by atoms with E-state index in [0.717, 1.165) is 26.1 Å². The molecule has 0 spiro atoms. The van der Waals surface area contributed by atoms with Crippen molar-refractivity contribution in [2.45, 2.75) is 45.2 Å². The lowest BCUT2D eigenvalue weighted by molar-refractivity contribution is -0.232. The number of hydrogen-bond donors (Lipinski definition) is 0. The van der Waals surface area contributed by atoms with E-state index in [2.05, 4.69) is 20.8 Å². The Balaban J connectivity index is 2.08. The summed E-state index contributed by atoms with van der Waals surface area (Å²) in [7, 11) is 0. The Hall–Kier alpha value is -0.120. The van der Waals surface area contributed by atoms with Crippen molar-refractivity contribution in [3.8, 4) is 0 Å². The summed E-state index contributed by atoms with van der Waals surface area (Å²) in [5, 5.41) is 13.4. The minimum atomic E-state index is -0.187. The summed E-state index contributed by atoms with van der Waals surface area (Å²) in [5.41, 5.74) is -0.187. The first-order chi connectivity index (χ1) is 6.53. The summed E-state index contributed by atoms with van der Waals surface area (Å²) in [4.78, 5) is 0. The lowest BCUT2D eigenvalue weighted by atomic mass is 9.89. The third-order valence-corrected chi connectivity index (χ3v) is 4.18. The summed E-state index contributed by atoms with van der Waals surface area (Å²) >= 11 is 0. The highest BCUT2D eigenvalue weighted by molar-refractivity contribution is 4.97. The fraction of sp³-hybridized carbons (Fsp3) is 1.00. The number of hydroxylamine groups is 2. The van der Waals surface area contributed by atoms with Gasteiger partial charge in [-0.1, -0.05) is 6.92 Å². The molecule has 0 N–H and O–H groups in total. The van der Waals surface area contributed by atoms with E-state index >= 15 is 0 Å². The molecule has 3 atom stereocenters. The molecule has 0 aromatic carbocycles. The molecule has 2 aliphatic rings. The second kappa shape index (κ2) is 3.47. The van der Waals surface area contributed by atoms with Crippen LogP contribution in [0.2, 0.25) is 0 Å². The zero-order valence-electron chi connectivity index (χ0n) is 9.32. The second-order valence-electron chi connectivity index (χ2n) is 5.31. The van der Waals surface area contributed by atoms with E-state index in [1.54, 1.807) is 0 Å². The van der Waals surface area contributed by atoms with Crippen LogP contribution in [0.3, 0.4) is 0 Å². The topological polar surface area (TPSA) is 32.4 Å². The van der Waals surface area contributed by atoms with Crippen molar-refractivity contribution >= 4 is 0 Å². The van der Waals surface area contributed by atoms with Crippen molar-refractivity contribution in [2.75, 3.05) is 13.2 Å². The first-order valence-corrected chi connectivity index (χ1v) is 5.57. The normalized spacial score (nSPS) is 43.3. The van der Waals surface area contributed by atoms with Gasteiger partial charge < -0.3 is 4.74 Å². The molecule has 2 aliphatic heterocycles. The lowest BCUT2D eigenvalue weighted by Crippen LogP contribution is -2.44. The van der Waals surface area contributed by atoms with Crippen LogP contribution in [0.15, 0.2) is 0 Å². The SMILES string of the molecule is CC1CC(C2CCOC2)N([O])C1(C)C. The van der Waals surface area contributed by atoms with Crippen LogP contribution in [0, 0.1) is 11.8 Å². The highest BCUT2D eigenvalue weighted by Crippen LogP contribution is 2.41. The van der Waals surface area contributed by atoms with Crippen molar-refractivity contribution in [1.29, 1.82) is 0 Å². The molecule has 2 heterocycles. The Morgan fingerprint density at radius 2 is 2.14 bits per heavy atom. The third-order valence-electron chi connectivity index (χ3n) is 4.18. The van der Waals surface area contributed by atoms with Gasteiger partial charge in [-0.25, -0.2) is 0 Å². The van der Waals surface area contributed by atoms with Crippen LogP contribution in [0.5, 0.6) is 0 Å². The molecule has 0 aromatic rings. The molecule has 0 aromatic heterocycles. The summed E-state index contributed by atoms with van der Waals surface area (Å²) in [6.07, 6.45) is 2.09. The van der Waals surface area contributed by atoms with Crippen LogP contribution in [-0.2, 0) is 9.94 Å². The zero-order valence-corrected chi connectivity index (χ0v) is 9.32. The third kappa shape index (κ3) is 1.47. The van der Waals surface area contributed by atoms with Crippen molar-refractivity contribution in [2.24, 2.45) is 11.8 Å². The molecule has 3 heteroatoms. The summed E-state index contributed by atoms with van der Waals surface area (Å²) in [6, 6.07) is 0.197. The highest BCUT2D eigenvalue weighted by atomic mass is 16.5. The molecule has 81 valence electrons. The van der Waals surface area contributed by atoms with Crippen LogP contribution in [0.25, 0.3) is 0 Å². The van der Waals surface area contributed by atoms with Gasteiger partial charge in [0.1, 0.15) is 0 Å². The molecule has 2 rings (SSSR count). The minimum Gasteiger partial charge on any atom is -0.381 e. The molecule has 0 saturated carbocycles. The zero-order chi connectivity index (χ0) is 10.3. The van der Waals surface area contributed by atoms with Gasteiger partial charge >= 0.3 is 0 Å². The lowest BCUT2D eigenvalue weighted by Gasteiger charge is -2.31. The molecule has 2 saturated heterocycles. The van der Waals surface area contributed by atoms with E-state index in [1.807, 2.05) is 0 Å². The smallest absolute Gasteiger partial charge is 0.0511 e. The maximum absolute atomic E-state index is 12.1. The molecule has 0 bridgehead atoms. The van der Waals surface area contributed by atoms with Crippen LogP contribution in [0.4, 0.5) is 0 Å². The van der Waals surface area contributed by atoms with E-state index in [0.29, 0.717) is 11.8 Å². The van der Waals surface area contributed by atoms with Gasteiger partial charge in [-0.15, -0.1) is 10.3 Å². The van der Waals surface area contributed by atoms with Crippen molar-refractivity contribution in [3.63, 3.8) is 0 Å². The van der Waals surface area contributed by atoms with Crippen LogP contribution < -0.4 is 0 Å². The van der Waals surface area contributed by atoms with Gasteiger partial charge in [0.15, 0.2) is 0 Å². The van der Waals surface area contributed by atoms with Crippen molar-refractivity contribution < 1.29 is 9.94 Å². The molecule has 14 heavy (non-hydrogen) atoms. The van der Waals surface area contributed by atoms with E-state index < -0.39 is 0 Å². The maximum Gasteiger partial charge on any atom is 0.0511 e. The molecule has 3 unspecified atom stereocenters. The van der Waals surface area contributed by atoms with Gasteiger partial charge in [0.05, 0.1) is 6.61 Å². The average molecular weight is 198 g/mol. The number of ether oxygens (including phenoxy) is 1. The molecule has 3 nitrogen and oxygen atoms in total. The van der Waals surface area contributed by atoms with Gasteiger partial charge in [-0.3, -0.25) is 0 Å². The molecule has 1 radical (unpaired) electrons. The maximum atomic E-state index is 12.1. The van der Waals surface area contributed by atoms with E-state index in [1.165, 1.54) is 5.06 Å². The summed E-state index contributed by atoms with van der Waals surface area (Å²) in [5.74, 6) is 0.960. The molecular formula is C11H20NO2. The van der Waals surface area contributed by atoms with Crippen LogP contribution in [0.1, 0.15) is 33.6 Å². The standard InChI is InChI=1S/C11H20NO2/c1-8-6-10(9-4-5-14-7-9)12(13)11(8,2)3/h8-10H,4-7H2,1-3H3. The van der Waals surface area contributed by atoms with Crippen LogP contribution in [-0.4, -0.2) is 29.9 Å². The van der Waals surface area contributed by atoms with Crippen LogP contribution >= 0.6 is 0 Å². The van der Waals surface area contributed by atoms with Crippen molar-refractivity contribution in [1.82, 2.24) is 5.06 Å². The molecule has 0 aliphatic carbocycles. The van der Waals surface area contributed by atoms with Gasteiger partial charge in [-0.05, 0) is 32.6 Å². The Kier molecular flexibility index (Phi) is 2.58. The highest BCUT2D eigenvalue weighted by Gasteiger charge is 2.48. The fourth-order valence-corrected chi connectivity index (χ4v) is 2.63. The van der Waals surface area contributed by atoms with Gasteiger partial charge in [0.2, 0.25) is 0 Å². The summed E-state index contributed by atoms with van der Waals surface area (Å²) < 4.78 is 5.36. The minimum absolute atomic E-state index is 0.187. The van der Waals surface area contributed by atoms with E-state index in [-0.39, 0.29) is 11.6 Å². The summed E-state index contributed by atoms with van der Waals surface area (Å²) in [6.45, 7) is 7.91. The fourth-order valence-electron chi connectivity index (χ4n) is 2.63. The first-order valence-electron chi connectivity index (χ1n) is 5.57. The molecular weight excluding hydrogens is 178 g/mol. The molecule has 0 amide bonds. The predicted octanol–water partition coefficient (Wildman–Crippen LogP) is 1.86. The van der Waals surface area contributed by atoms with Gasteiger partial charge in [0, 0.05) is 24.1 Å². The predicted molar refractivity (Wildman–Crippen MR) is 53.1 cm³/mol.